The second-order valence-corrected chi connectivity index (χ2v) is 8.36. The van der Waals surface area contributed by atoms with E-state index in [1.54, 1.807) is 18.2 Å². The number of hydrogen-bond acceptors (Lipinski definition) is 6. The summed E-state index contributed by atoms with van der Waals surface area (Å²) in [6.07, 6.45) is -1.94. The number of nitrogens with two attached hydrogens (primary N) is 1. The summed E-state index contributed by atoms with van der Waals surface area (Å²) >= 11 is 0. The van der Waals surface area contributed by atoms with Gasteiger partial charge in [0, 0.05) is 12.0 Å². The monoisotopic (exact) mass is 546 g/mol. The average Bonchev–Trinajstić information content (AvgIpc) is 2.86. The van der Waals surface area contributed by atoms with Gasteiger partial charge in [0.2, 0.25) is 0 Å². The third kappa shape index (κ3) is 10.6. The number of carbonyl (C=O) groups is 2. The van der Waals surface area contributed by atoms with Crippen molar-refractivity contribution in [1.29, 1.82) is 0 Å². The Bertz CT molecular complexity index is 1030. The van der Waals surface area contributed by atoms with E-state index >= 15 is 0 Å². The number of carboxylic acids is 1. The average molecular weight is 547 g/mol. The van der Waals surface area contributed by atoms with E-state index < -0.39 is 36.4 Å². The zero-order valence-corrected chi connectivity index (χ0v) is 22.4. The van der Waals surface area contributed by atoms with Gasteiger partial charge in [-0.2, -0.15) is 0 Å². The zero-order valence-electron chi connectivity index (χ0n) is 21.2. The van der Waals surface area contributed by atoms with Gasteiger partial charge in [-0.25, -0.2) is 23.8 Å². The first-order chi connectivity index (χ1) is 17.4. The number of nitrogens with zero attached hydrogens (tertiary/aromatic N) is 1. The van der Waals surface area contributed by atoms with Gasteiger partial charge in [0.1, 0.15) is 18.1 Å². The molecule has 0 saturated heterocycles. The summed E-state index contributed by atoms with van der Waals surface area (Å²) in [5.41, 5.74) is 1.81. The predicted octanol–water partition coefficient (Wildman–Crippen LogP) is 4.13. The molecule has 0 aromatic heterocycles. The highest BCUT2D eigenvalue weighted by molar-refractivity contribution is 7.17. The molecular formula is C25H34F3N2O6P. The summed E-state index contributed by atoms with van der Waals surface area (Å²) in [5.74, 6) is -1.66. The van der Waals surface area contributed by atoms with Crippen LogP contribution in [0.4, 0.5) is 13.2 Å². The first-order valence-corrected chi connectivity index (χ1v) is 12.1. The molecule has 0 spiro atoms. The number of hydrogen-bond donors (Lipinski definition) is 2. The molecule has 0 aliphatic heterocycles. The second kappa shape index (κ2) is 15.4. The fourth-order valence-electron chi connectivity index (χ4n) is 3.01. The molecule has 3 unspecified atom stereocenters. The van der Waals surface area contributed by atoms with Crippen LogP contribution in [-0.2, 0) is 27.3 Å². The topological polar surface area (TPSA) is 111 Å². The summed E-state index contributed by atoms with van der Waals surface area (Å²) in [6, 6.07) is 11.7. The lowest BCUT2D eigenvalue weighted by Gasteiger charge is -2.22. The van der Waals surface area contributed by atoms with E-state index in [9.17, 15) is 27.9 Å². The molecular weight excluding hydrogens is 512 g/mol. The lowest BCUT2D eigenvalue weighted by Crippen LogP contribution is -2.40. The van der Waals surface area contributed by atoms with E-state index in [1.807, 2.05) is 26.8 Å². The Kier molecular flexibility index (Phi) is 13.4. The van der Waals surface area contributed by atoms with Gasteiger partial charge in [0.05, 0.1) is 13.7 Å². The standard InChI is InChI=1S/C23H28F3N2O6P.C2H6/c1-14-4-3-5-17(8-14)33-12-20(29)28(27)11-16-9-15(6-7-18(16)32-2)10-19(21(30)31)34-13-23(25,26)22(24)35;1-2/h3-9,19,22H,10-13,27,35H2,1-2H3,(H,30,31);1-2H3. The van der Waals surface area contributed by atoms with Crippen LogP contribution in [0.1, 0.15) is 30.5 Å². The van der Waals surface area contributed by atoms with Gasteiger partial charge in [-0.3, -0.25) is 9.80 Å². The number of amides is 1. The smallest absolute Gasteiger partial charge is 0.333 e. The van der Waals surface area contributed by atoms with Crippen LogP contribution in [0.15, 0.2) is 42.5 Å². The Morgan fingerprint density at radius 2 is 1.86 bits per heavy atom. The number of carboxylic acid groups (broad SMARTS) is 1. The van der Waals surface area contributed by atoms with Gasteiger partial charge < -0.3 is 19.3 Å². The Hall–Kier alpha value is -2.88. The van der Waals surface area contributed by atoms with Crippen molar-refractivity contribution in [3.8, 4) is 11.5 Å². The van der Waals surface area contributed by atoms with Gasteiger partial charge >= 0.3 is 11.9 Å². The molecule has 0 aliphatic carbocycles. The van der Waals surface area contributed by atoms with Crippen LogP contribution in [0.5, 0.6) is 11.5 Å². The van der Waals surface area contributed by atoms with Crippen LogP contribution in [0.2, 0.25) is 0 Å². The Labute approximate surface area is 217 Å². The number of aryl methyl sites for hydroxylation is 1. The minimum absolute atomic E-state index is 0.0969. The number of rotatable bonds is 13. The van der Waals surface area contributed by atoms with Crippen molar-refractivity contribution in [2.45, 2.75) is 51.7 Å². The minimum Gasteiger partial charge on any atom is -0.496 e. The molecule has 3 atom stereocenters. The molecule has 206 valence electrons. The number of methoxy groups -OCH3 is 1. The van der Waals surface area contributed by atoms with Crippen molar-refractivity contribution >= 4 is 21.1 Å². The minimum atomic E-state index is -3.86. The lowest BCUT2D eigenvalue weighted by molar-refractivity contribution is -0.161. The Balaban J connectivity index is 0.00000334. The molecule has 2 rings (SSSR count). The molecule has 8 nitrogen and oxygen atoms in total. The van der Waals surface area contributed by atoms with Crippen LogP contribution in [0, 0.1) is 6.92 Å². The maximum absolute atomic E-state index is 13.5. The predicted molar refractivity (Wildman–Crippen MR) is 136 cm³/mol. The largest absolute Gasteiger partial charge is 0.496 e. The van der Waals surface area contributed by atoms with Crippen LogP contribution < -0.4 is 15.3 Å². The van der Waals surface area contributed by atoms with E-state index in [-0.39, 0.29) is 19.6 Å². The van der Waals surface area contributed by atoms with Crippen molar-refractivity contribution in [2.24, 2.45) is 5.84 Å². The SMILES string of the molecule is CC.COc1ccc(CC(OCC(F)(F)C(F)P)C(=O)O)cc1CN(N)C(=O)COc1cccc(C)c1. The molecule has 0 saturated carbocycles. The van der Waals surface area contributed by atoms with Gasteiger partial charge in [-0.05, 0) is 36.2 Å². The first-order valence-electron chi connectivity index (χ1n) is 11.4. The third-order valence-electron chi connectivity index (χ3n) is 4.93. The summed E-state index contributed by atoms with van der Waals surface area (Å²) in [6.45, 7) is 4.08. The molecule has 1 amide bonds. The van der Waals surface area contributed by atoms with Crippen molar-refractivity contribution < 1.29 is 42.1 Å². The molecule has 3 N–H and O–H groups in total. The number of ether oxygens (including phenoxy) is 3. The van der Waals surface area contributed by atoms with Crippen LogP contribution in [-0.4, -0.2) is 60.3 Å². The molecule has 2 aromatic carbocycles. The van der Waals surface area contributed by atoms with Crippen molar-refractivity contribution in [3.63, 3.8) is 0 Å². The third-order valence-corrected chi connectivity index (χ3v) is 5.42. The normalized spacial score (nSPS) is 12.6. The first kappa shape index (κ1) is 32.1. The second-order valence-electron chi connectivity index (χ2n) is 7.78. The Morgan fingerprint density at radius 3 is 2.43 bits per heavy atom. The number of alkyl halides is 3. The quantitative estimate of drug-likeness (QED) is 0.168. The van der Waals surface area contributed by atoms with Crippen LogP contribution in [0.25, 0.3) is 0 Å². The summed E-state index contributed by atoms with van der Waals surface area (Å²) in [7, 11) is 2.72. The van der Waals surface area contributed by atoms with Crippen LogP contribution in [0.3, 0.4) is 0 Å². The molecule has 0 heterocycles. The van der Waals surface area contributed by atoms with E-state index in [0.29, 0.717) is 22.6 Å². The van der Waals surface area contributed by atoms with E-state index in [2.05, 4.69) is 0 Å². The van der Waals surface area contributed by atoms with Gasteiger partial charge in [0.15, 0.2) is 18.6 Å². The van der Waals surface area contributed by atoms with Crippen molar-refractivity contribution in [1.82, 2.24) is 5.01 Å². The van der Waals surface area contributed by atoms with E-state index in [0.717, 1.165) is 10.6 Å². The number of halogens is 3. The summed E-state index contributed by atoms with van der Waals surface area (Å²) < 4.78 is 55.5. The molecule has 0 aliphatic rings. The fraction of sp³-hybridized carbons (Fsp3) is 0.440. The Morgan fingerprint density at radius 1 is 1.19 bits per heavy atom. The van der Waals surface area contributed by atoms with Gasteiger partial charge in [-0.1, -0.05) is 47.4 Å². The van der Waals surface area contributed by atoms with E-state index in [1.165, 1.54) is 34.5 Å². The van der Waals surface area contributed by atoms with E-state index in [4.69, 9.17) is 20.1 Å². The van der Waals surface area contributed by atoms with Gasteiger partial charge in [-0.15, -0.1) is 0 Å². The molecule has 0 radical (unpaired) electrons. The highest BCUT2D eigenvalue weighted by Gasteiger charge is 2.39. The zero-order chi connectivity index (χ0) is 28.2. The van der Waals surface area contributed by atoms with Gasteiger partial charge in [0.25, 0.3) is 5.91 Å². The lowest BCUT2D eigenvalue weighted by atomic mass is 10.0. The highest BCUT2D eigenvalue weighted by atomic mass is 31.0. The number of hydrazine groups is 1. The number of aliphatic carboxylic acids is 1. The highest BCUT2D eigenvalue weighted by Crippen LogP contribution is 2.28. The number of benzene rings is 2. The maximum Gasteiger partial charge on any atom is 0.333 e. The summed E-state index contributed by atoms with van der Waals surface area (Å²) in [4.78, 5) is 23.9. The molecule has 0 fully saturated rings. The fourth-order valence-corrected chi connectivity index (χ4v) is 3.11. The maximum atomic E-state index is 13.5. The molecule has 12 heteroatoms. The van der Waals surface area contributed by atoms with Crippen LogP contribution >= 0.6 is 9.24 Å². The molecule has 37 heavy (non-hydrogen) atoms. The van der Waals surface area contributed by atoms with Crippen molar-refractivity contribution in [2.75, 3.05) is 20.3 Å². The van der Waals surface area contributed by atoms with Crippen molar-refractivity contribution in [3.05, 3.63) is 59.2 Å². The molecule has 2 aromatic rings. The number of carbonyl (C=O) groups excluding carboxylic acids is 1. The summed E-state index contributed by atoms with van der Waals surface area (Å²) in [5, 5.41) is 10.3. The molecule has 0 bridgehead atoms.